The Morgan fingerprint density at radius 1 is 0.494 bits per heavy atom. The smallest absolute Gasteiger partial charge is 0.331 e. The summed E-state index contributed by atoms with van der Waals surface area (Å²) in [5, 5.41) is 3.07. The van der Waals surface area contributed by atoms with Gasteiger partial charge in [-0.25, -0.2) is 0 Å². The van der Waals surface area contributed by atoms with Crippen LogP contribution in [0.25, 0.3) is 0 Å². The second kappa shape index (κ2) is 28.8. The van der Waals surface area contributed by atoms with Crippen LogP contribution >= 0.6 is 11.8 Å². The standard InChI is InChI=1S/C75H84F2O9SSi2/c1-55(83-65(67-71(86-74(8,9)85-67)87-59-40-24-13-25-41-59)54-82-89(73(5,6)7,62-46-30-16-31-47-62)63-48-32-17-33-49-63)75(76,77)70-69(80-52-58-38-22-12-23-39-58)68(79-51-57-36-20-11-21-37-57)66(78-50-56-34-18-10-19-35-56)64(84-70)53-81-88(72(2,3)4,60-42-26-14-27-43-60)61-44-28-15-29-45-61/h10-49,64-71H,1,50-54H2,2-9H3/t64-,65?,66-,67+,68+,69+,70+,71+/m1/s1. The van der Waals surface area contributed by atoms with Crippen molar-refractivity contribution in [3.05, 3.63) is 272 Å². The molecule has 0 aromatic heterocycles. The van der Waals surface area contributed by atoms with Gasteiger partial charge in [-0.1, -0.05) is 290 Å². The summed E-state index contributed by atoms with van der Waals surface area (Å²) in [5.41, 5.74) is 1.71. The molecule has 0 spiro atoms. The highest BCUT2D eigenvalue weighted by molar-refractivity contribution is 7.99. The maximum absolute atomic E-state index is 19.3. The van der Waals surface area contributed by atoms with E-state index in [0.29, 0.717) is 0 Å². The summed E-state index contributed by atoms with van der Waals surface area (Å²) < 4.78 is 103. The first kappa shape index (κ1) is 65.6. The van der Waals surface area contributed by atoms with Crippen LogP contribution in [-0.2, 0) is 61.8 Å². The minimum Gasteiger partial charge on any atom is -0.484 e. The van der Waals surface area contributed by atoms with E-state index in [-0.39, 0.29) is 33.0 Å². The predicted molar refractivity (Wildman–Crippen MR) is 356 cm³/mol. The molecule has 2 aliphatic rings. The molecule has 2 saturated heterocycles. The maximum Gasteiger partial charge on any atom is 0.331 e. The Labute approximate surface area is 531 Å². The van der Waals surface area contributed by atoms with Crippen molar-refractivity contribution in [2.75, 3.05) is 13.2 Å². The lowest BCUT2D eigenvalue weighted by molar-refractivity contribution is -0.306. The van der Waals surface area contributed by atoms with Crippen LogP contribution in [0.3, 0.4) is 0 Å². The zero-order chi connectivity index (χ0) is 62.7. The molecule has 10 rings (SSSR count). The van der Waals surface area contributed by atoms with Crippen molar-refractivity contribution in [2.45, 2.75) is 150 Å². The van der Waals surface area contributed by atoms with Gasteiger partial charge in [0.1, 0.15) is 36.0 Å². The van der Waals surface area contributed by atoms with Crippen molar-refractivity contribution in [1.29, 1.82) is 0 Å². The van der Waals surface area contributed by atoms with Crippen LogP contribution in [0.5, 0.6) is 0 Å². The zero-order valence-corrected chi connectivity index (χ0v) is 55.1. The lowest BCUT2D eigenvalue weighted by Gasteiger charge is -2.50. The number of alkyl halides is 2. The average Bonchev–Trinajstić information content (AvgIpc) is 1.24. The number of hydrogen-bond acceptors (Lipinski definition) is 10. The summed E-state index contributed by atoms with van der Waals surface area (Å²) in [4.78, 5) is 0.894. The fraction of sp³-hybridized carbons (Fsp3) is 0.333. The molecule has 0 radical (unpaired) electrons. The van der Waals surface area contributed by atoms with E-state index < -0.39 is 92.3 Å². The van der Waals surface area contributed by atoms with Gasteiger partial charge in [-0.05, 0) is 73.5 Å². The van der Waals surface area contributed by atoms with E-state index >= 15 is 8.78 Å². The summed E-state index contributed by atoms with van der Waals surface area (Å²) in [5.74, 6) is -6.05. The molecule has 2 fully saturated rings. The molecule has 0 aliphatic carbocycles. The van der Waals surface area contributed by atoms with E-state index in [2.05, 4.69) is 96.7 Å². The first-order valence-corrected chi connectivity index (χ1v) is 35.4. The Hall–Kier alpha value is -6.38. The molecule has 0 N–H and O–H groups in total. The Kier molecular flexibility index (Phi) is 21.3. The normalized spacial score (nSPS) is 21.0. The Morgan fingerprint density at radius 2 is 0.854 bits per heavy atom. The molecule has 8 aromatic rings. The quantitative estimate of drug-likeness (QED) is 0.0386. The molecule has 1 unspecified atom stereocenters. The van der Waals surface area contributed by atoms with Crippen molar-refractivity contribution in [3.63, 3.8) is 0 Å². The predicted octanol–water partition coefficient (Wildman–Crippen LogP) is 14.5. The molecule has 2 heterocycles. The largest absolute Gasteiger partial charge is 0.484 e. The second-order valence-electron chi connectivity index (χ2n) is 25.4. The fourth-order valence-corrected chi connectivity index (χ4v) is 22.9. The second-order valence-corrected chi connectivity index (χ2v) is 35.2. The zero-order valence-electron chi connectivity index (χ0n) is 52.3. The fourth-order valence-electron chi connectivity index (χ4n) is 12.5. The summed E-state index contributed by atoms with van der Waals surface area (Å²) in [6.45, 7) is 20.6. The van der Waals surface area contributed by atoms with E-state index in [1.165, 1.54) is 11.8 Å². The van der Waals surface area contributed by atoms with Gasteiger partial charge in [-0.2, -0.15) is 8.78 Å². The monoisotopic (exact) mass is 1250 g/mol. The van der Waals surface area contributed by atoms with E-state index in [4.69, 9.17) is 42.0 Å². The molecule has 2 aliphatic heterocycles. The molecule has 8 aromatic carbocycles. The molecule has 0 amide bonds. The molecule has 466 valence electrons. The van der Waals surface area contributed by atoms with Crippen LogP contribution in [0.2, 0.25) is 10.1 Å². The Morgan fingerprint density at radius 3 is 1.26 bits per heavy atom. The highest BCUT2D eigenvalue weighted by atomic mass is 32.2. The first-order chi connectivity index (χ1) is 42.8. The number of rotatable bonds is 26. The van der Waals surface area contributed by atoms with E-state index in [9.17, 15) is 0 Å². The lowest BCUT2D eigenvalue weighted by atomic mass is 9.90. The molecule has 8 atom stereocenters. The topological polar surface area (TPSA) is 83.1 Å². The van der Waals surface area contributed by atoms with Crippen molar-refractivity contribution >= 4 is 49.1 Å². The Balaban J connectivity index is 1.10. The number of hydrogen-bond donors (Lipinski definition) is 0. The average molecular weight is 1260 g/mol. The molecule has 89 heavy (non-hydrogen) atoms. The van der Waals surface area contributed by atoms with Gasteiger partial charge in [0, 0.05) is 4.90 Å². The number of benzene rings is 8. The summed E-state index contributed by atoms with van der Waals surface area (Å²) >= 11 is 1.43. The summed E-state index contributed by atoms with van der Waals surface area (Å²) in [6, 6.07) is 79.5. The number of thioether (sulfide) groups is 1. The van der Waals surface area contributed by atoms with Gasteiger partial charge in [0.25, 0.3) is 16.6 Å². The third-order valence-corrected chi connectivity index (χ3v) is 27.9. The van der Waals surface area contributed by atoms with Crippen molar-refractivity contribution in [2.24, 2.45) is 0 Å². The van der Waals surface area contributed by atoms with Gasteiger partial charge in [0.2, 0.25) is 0 Å². The molecule has 14 heteroatoms. The van der Waals surface area contributed by atoms with Crippen molar-refractivity contribution in [1.82, 2.24) is 0 Å². The van der Waals surface area contributed by atoms with Crippen LogP contribution in [-0.4, -0.2) is 89.7 Å². The molecular weight excluding hydrogens is 1170 g/mol. The minimum atomic E-state index is -4.03. The van der Waals surface area contributed by atoms with E-state index in [1.807, 2.05) is 208 Å². The third kappa shape index (κ3) is 15.2. The van der Waals surface area contributed by atoms with Crippen LogP contribution < -0.4 is 20.7 Å². The number of halogens is 2. The van der Waals surface area contributed by atoms with Crippen LogP contribution in [0.1, 0.15) is 72.1 Å². The van der Waals surface area contributed by atoms with Crippen LogP contribution in [0, 0.1) is 0 Å². The van der Waals surface area contributed by atoms with Crippen molar-refractivity contribution < 1.29 is 50.8 Å². The van der Waals surface area contributed by atoms with Crippen LogP contribution in [0.15, 0.2) is 260 Å². The molecule has 0 bridgehead atoms. The minimum absolute atomic E-state index is 0.0385. The number of ether oxygens (including phenoxy) is 7. The van der Waals surface area contributed by atoms with Gasteiger partial charge in [-0.3, -0.25) is 0 Å². The maximum atomic E-state index is 19.3. The Bertz CT molecular complexity index is 3360. The third-order valence-electron chi connectivity index (χ3n) is 16.7. The summed E-state index contributed by atoms with van der Waals surface area (Å²) in [6.07, 6.45) is -9.22. The van der Waals surface area contributed by atoms with E-state index in [0.717, 1.165) is 42.3 Å². The van der Waals surface area contributed by atoms with Gasteiger partial charge in [0.15, 0.2) is 23.8 Å². The van der Waals surface area contributed by atoms with Gasteiger partial charge < -0.3 is 42.0 Å². The molecular formula is C75H84F2O9SSi2. The van der Waals surface area contributed by atoms with Gasteiger partial charge >= 0.3 is 5.92 Å². The highest BCUT2D eigenvalue weighted by Crippen LogP contribution is 2.46. The SMILES string of the molecule is C=C(OC(CO[Si](c1ccccc1)(c1ccccc1)C(C)(C)C)[C@@H]1OC(C)(C)O[C@H]1Sc1ccccc1)C(F)(F)[C@H]1O[C@H](CO[Si](c2ccccc2)(c2ccccc2)C(C)(C)C)[C@@H](OCc2ccccc2)[C@H](OCc2ccccc2)[C@@H]1OCc1ccccc1. The van der Waals surface area contributed by atoms with Gasteiger partial charge in [-0.15, -0.1) is 0 Å². The highest BCUT2D eigenvalue weighted by Gasteiger charge is 2.62. The molecule has 0 saturated carbocycles. The lowest BCUT2D eigenvalue weighted by Crippen LogP contribution is -2.69. The van der Waals surface area contributed by atoms with Gasteiger partial charge in [0.05, 0.1) is 33.0 Å². The van der Waals surface area contributed by atoms with Crippen molar-refractivity contribution in [3.8, 4) is 0 Å². The first-order valence-electron chi connectivity index (χ1n) is 30.7. The molecule has 9 nitrogen and oxygen atoms in total. The van der Waals surface area contributed by atoms with E-state index in [1.54, 1.807) is 0 Å². The summed E-state index contributed by atoms with van der Waals surface area (Å²) in [7, 11) is -6.70. The van der Waals surface area contributed by atoms with Crippen LogP contribution in [0.4, 0.5) is 8.78 Å².